The summed E-state index contributed by atoms with van der Waals surface area (Å²) in [6.45, 7) is 1.68. The van der Waals surface area contributed by atoms with Gasteiger partial charge in [0, 0.05) is 4.90 Å². The maximum absolute atomic E-state index is 9.83. The van der Waals surface area contributed by atoms with E-state index in [9.17, 15) is 15.3 Å². The molecule has 17 heavy (non-hydrogen) atoms. The zero-order valence-corrected chi connectivity index (χ0v) is 10.2. The van der Waals surface area contributed by atoms with E-state index in [1.54, 1.807) is 6.92 Å². The second-order valence-corrected chi connectivity index (χ2v) is 5.28. The van der Waals surface area contributed by atoms with Crippen LogP contribution in [0.15, 0.2) is 35.2 Å². The maximum atomic E-state index is 9.83. The van der Waals surface area contributed by atoms with E-state index >= 15 is 0 Å². The minimum absolute atomic E-state index is 0.491. The van der Waals surface area contributed by atoms with E-state index in [0.717, 1.165) is 4.90 Å². The molecule has 2 rings (SSSR count). The maximum Gasteiger partial charge on any atom is 0.136 e. The number of rotatable bonds is 2. The second-order valence-electron chi connectivity index (χ2n) is 4.11. The van der Waals surface area contributed by atoms with Crippen LogP contribution in [0.5, 0.6) is 0 Å². The van der Waals surface area contributed by atoms with Gasteiger partial charge < -0.3 is 20.1 Å². The van der Waals surface area contributed by atoms with Gasteiger partial charge in [0.05, 0.1) is 6.10 Å². The van der Waals surface area contributed by atoms with E-state index in [1.807, 2.05) is 30.3 Å². The highest BCUT2D eigenvalue weighted by Crippen LogP contribution is 2.32. The summed E-state index contributed by atoms with van der Waals surface area (Å²) in [6, 6.07) is 9.51. The van der Waals surface area contributed by atoms with E-state index in [1.165, 1.54) is 11.8 Å². The molecular formula is C12H16O4S. The fourth-order valence-corrected chi connectivity index (χ4v) is 2.86. The van der Waals surface area contributed by atoms with Crippen LogP contribution in [0.4, 0.5) is 0 Å². The fraction of sp³-hybridized carbons (Fsp3) is 0.500. The van der Waals surface area contributed by atoms with Gasteiger partial charge in [0.1, 0.15) is 23.7 Å². The van der Waals surface area contributed by atoms with Gasteiger partial charge in [0.15, 0.2) is 0 Å². The molecule has 0 bridgehead atoms. The van der Waals surface area contributed by atoms with Gasteiger partial charge in [0.2, 0.25) is 0 Å². The van der Waals surface area contributed by atoms with Crippen molar-refractivity contribution in [3.8, 4) is 0 Å². The number of aliphatic hydroxyl groups is 3. The third-order valence-electron chi connectivity index (χ3n) is 2.80. The Balaban J connectivity index is 2.06. The summed E-state index contributed by atoms with van der Waals surface area (Å²) in [6.07, 6.45) is -3.79. The first-order chi connectivity index (χ1) is 8.09. The van der Waals surface area contributed by atoms with E-state index in [2.05, 4.69) is 0 Å². The predicted octanol–water partition coefficient (Wildman–Crippen LogP) is 0.606. The van der Waals surface area contributed by atoms with Crippen molar-refractivity contribution in [1.29, 1.82) is 0 Å². The molecule has 1 saturated heterocycles. The van der Waals surface area contributed by atoms with Gasteiger partial charge in [-0.1, -0.05) is 30.0 Å². The molecule has 1 aliphatic heterocycles. The summed E-state index contributed by atoms with van der Waals surface area (Å²) in [5.74, 6) is 0. The molecule has 3 unspecified atom stereocenters. The number of ether oxygens (including phenoxy) is 1. The molecule has 1 heterocycles. The smallest absolute Gasteiger partial charge is 0.136 e. The molecule has 1 aromatic rings. The van der Waals surface area contributed by atoms with Gasteiger partial charge >= 0.3 is 0 Å². The summed E-state index contributed by atoms with van der Waals surface area (Å²) in [5.41, 5.74) is -0.564. The Kier molecular flexibility index (Phi) is 4.06. The van der Waals surface area contributed by atoms with Crippen molar-refractivity contribution in [1.82, 2.24) is 0 Å². The normalized spacial score (nSPS) is 38.0. The average Bonchev–Trinajstić information content (AvgIpc) is 2.35. The molecule has 5 atom stereocenters. The summed E-state index contributed by atoms with van der Waals surface area (Å²) in [4.78, 5) is 0.951. The standard InChI is InChI=1S/C12H16O4S/c1-7-9(13)10(14)11(15)12(16-7)17-8-5-3-2-4-6-8/h2-7,9-15H,1H3/t7?,9-,10?,11?,12-/m0/s1. The van der Waals surface area contributed by atoms with Crippen molar-refractivity contribution in [3.05, 3.63) is 30.3 Å². The van der Waals surface area contributed by atoms with Gasteiger partial charge in [-0.25, -0.2) is 0 Å². The molecule has 5 heteroatoms. The highest BCUT2D eigenvalue weighted by atomic mass is 32.2. The molecule has 0 amide bonds. The highest BCUT2D eigenvalue weighted by Gasteiger charge is 2.42. The summed E-state index contributed by atoms with van der Waals surface area (Å²) < 4.78 is 5.49. The largest absolute Gasteiger partial charge is 0.388 e. The molecule has 0 aliphatic carbocycles. The molecule has 3 N–H and O–H groups in total. The minimum atomic E-state index is -1.17. The molecule has 4 nitrogen and oxygen atoms in total. The lowest BCUT2D eigenvalue weighted by Gasteiger charge is -2.38. The van der Waals surface area contributed by atoms with Crippen molar-refractivity contribution in [2.75, 3.05) is 0 Å². The van der Waals surface area contributed by atoms with Crippen LogP contribution >= 0.6 is 11.8 Å². The molecule has 1 aliphatic rings. The Morgan fingerprint density at radius 1 is 1.00 bits per heavy atom. The topological polar surface area (TPSA) is 69.9 Å². The van der Waals surface area contributed by atoms with Gasteiger partial charge in [-0.15, -0.1) is 0 Å². The number of aliphatic hydroxyl groups excluding tert-OH is 3. The molecule has 1 aromatic carbocycles. The molecule has 94 valence electrons. The van der Waals surface area contributed by atoms with Gasteiger partial charge in [-0.2, -0.15) is 0 Å². The molecule has 0 spiro atoms. The number of thioether (sulfide) groups is 1. The molecule has 1 fully saturated rings. The zero-order valence-electron chi connectivity index (χ0n) is 9.43. The van der Waals surface area contributed by atoms with E-state index in [4.69, 9.17) is 4.74 Å². The quantitative estimate of drug-likeness (QED) is 0.723. The highest BCUT2D eigenvalue weighted by molar-refractivity contribution is 7.99. The van der Waals surface area contributed by atoms with Crippen molar-refractivity contribution in [3.63, 3.8) is 0 Å². The van der Waals surface area contributed by atoms with E-state index < -0.39 is 29.9 Å². The Morgan fingerprint density at radius 2 is 1.65 bits per heavy atom. The number of hydrogen-bond donors (Lipinski definition) is 3. The van der Waals surface area contributed by atoms with Crippen molar-refractivity contribution < 1.29 is 20.1 Å². The first-order valence-corrected chi connectivity index (χ1v) is 6.39. The summed E-state index contributed by atoms with van der Waals surface area (Å²) >= 11 is 1.34. The van der Waals surface area contributed by atoms with Crippen LogP contribution in [0.3, 0.4) is 0 Å². The second kappa shape index (κ2) is 5.37. The fourth-order valence-electron chi connectivity index (χ4n) is 1.74. The minimum Gasteiger partial charge on any atom is -0.388 e. The van der Waals surface area contributed by atoms with Crippen LogP contribution in [-0.2, 0) is 4.74 Å². The van der Waals surface area contributed by atoms with Gasteiger partial charge in [-0.3, -0.25) is 0 Å². The predicted molar refractivity (Wildman–Crippen MR) is 64.7 cm³/mol. The molecular weight excluding hydrogens is 240 g/mol. The van der Waals surface area contributed by atoms with Crippen LogP contribution < -0.4 is 0 Å². The van der Waals surface area contributed by atoms with E-state index in [-0.39, 0.29) is 0 Å². The van der Waals surface area contributed by atoms with Crippen molar-refractivity contribution >= 4 is 11.8 Å². The lowest BCUT2D eigenvalue weighted by atomic mass is 10.0. The Hall–Kier alpha value is -0.590. The van der Waals surface area contributed by atoms with Gasteiger partial charge in [0.25, 0.3) is 0 Å². The van der Waals surface area contributed by atoms with Gasteiger partial charge in [-0.05, 0) is 19.1 Å². The van der Waals surface area contributed by atoms with Crippen LogP contribution in [0, 0.1) is 0 Å². The average molecular weight is 256 g/mol. The van der Waals surface area contributed by atoms with Crippen LogP contribution in [-0.4, -0.2) is 45.2 Å². The summed E-state index contributed by atoms with van der Waals surface area (Å²) in [7, 11) is 0. The third-order valence-corrected chi connectivity index (χ3v) is 3.97. The molecule has 0 saturated carbocycles. The SMILES string of the molecule is CC1O[C@@H](Sc2ccccc2)C(O)C(O)[C@H]1O. The summed E-state index contributed by atoms with van der Waals surface area (Å²) in [5, 5.41) is 29.1. The van der Waals surface area contributed by atoms with Crippen molar-refractivity contribution in [2.45, 2.75) is 41.7 Å². The lowest BCUT2D eigenvalue weighted by molar-refractivity contribution is -0.192. The number of hydrogen-bond acceptors (Lipinski definition) is 5. The van der Waals surface area contributed by atoms with Crippen LogP contribution in [0.1, 0.15) is 6.92 Å². The Bertz CT molecular complexity index is 359. The third kappa shape index (κ3) is 2.81. The zero-order chi connectivity index (χ0) is 12.4. The van der Waals surface area contributed by atoms with Crippen LogP contribution in [0.2, 0.25) is 0 Å². The first kappa shape index (κ1) is 12.9. The first-order valence-electron chi connectivity index (χ1n) is 5.51. The number of benzene rings is 1. The van der Waals surface area contributed by atoms with Crippen LogP contribution in [0.25, 0.3) is 0 Å². The monoisotopic (exact) mass is 256 g/mol. The molecule has 0 aromatic heterocycles. The Morgan fingerprint density at radius 3 is 2.29 bits per heavy atom. The lowest BCUT2D eigenvalue weighted by Crippen LogP contribution is -2.55. The van der Waals surface area contributed by atoms with Crippen molar-refractivity contribution in [2.24, 2.45) is 0 Å². The molecule has 0 radical (unpaired) electrons. The Labute approximate surface area is 104 Å². The van der Waals surface area contributed by atoms with E-state index in [0.29, 0.717) is 0 Å².